The SMILES string of the molecule is CC#CC(=O)N1CC(n2c(=O)c3ccccc3n(Cc3sc(C)nc3C)c2=O)C1. The first-order valence-electron chi connectivity index (χ1n) is 9.29. The summed E-state index contributed by atoms with van der Waals surface area (Å²) in [5.74, 6) is 4.79. The van der Waals surface area contributed by atoms with E-state index in [9.17, 15) is 14.4 Å². The molecule has 1 aromatic carbocycles. The molecule has 1 saturated heterocycles. The zero-order valence-corrected chi connectivity index (χ0v) is 17.2. The van der Waals surface area contributed by atoms with Gasteiger partial charge >= 0.3 is 5.69 Å². The number of aryl methyl sites for hydroxylation is 2. The molecule has 1 aliphatic heterocycles. The Labute approximate surface area is 171 Å². The van der Waals surface area contributed by atoms with Crippen LogP contribution in [0.5, 0.6) is 0 Å². The first-order chi connectivity index (χ1) is 13.9. The molecule has 0 aliphatic carbocycles. The molecular weight excluding hydrogens is 388 g/mol. The van der Waals surface area contributed by atoms with Gasteiger partial charge in [0.25, 0.3) is 11.5 Å². The Kier molecular flexibility index (Phi) is 4.84. The smallest absolute Gasteiger partial charge is 0.328 e. The number of hydrogen-bond donors (Lipinski definition) is 0. The van der Waals surface area contributed by atoms with E-state index in [4.69, 9.17) is 0 Å². The number of carbonyl (C=O) groups is 1. The molecule has 0 radical (unpaired) electrons. The van der Waals surface area contributed by atoms with Crippen molar-refractivity contribution in [1.29, 1.82) is 0 Å². The van der Waals surface area contributed by atoms with Gasteiger partial charge in [-0.15, -0.1) is 11.3 Å². The fourth-order valence-corrected chi connectivity index (χ4v) is 4.57. The molecule has 0 N–H and O–H groups in total. The van der Waals surface area contributed by atoms with Gasteiger partial charge in [0.15, 0.2) is 0 Å². The van der Waals surface area contributed by atoms with Gasteiger partial charge in [-0.1, -0.05) is 18.1 Å². The molecule has 0 spiro atoms. The Hall–Kier alpha value is -3.18. The van der Waals surface area contributed by atoms with Gasteiger partial charge in [-0.2, -0.15) is 0 Å². The van der Waals surface area contributed by atoms with E-state index in [2.05, 4.69) is 16.8 Å². The van der Waals surface area contributed by atoms with Crippen molar-refractivity contribution < 1.29 is 4.79 Å². The maximum atomic E-state index is 13.3. The molecule has 0 saturated carbocycles. The molecule has 3 heterocycles. The van der Waals surface area contributed by atoms with Crippen molar-refractivity contribution in [1.82, 2.24) is 19.0 Å². The second-order valence-corrected chi connectivity index (χ2v) is 8.33. The number of carbonyl (C=O) groups excluding carboxylic acids is 1. The molecule has 0 atom stereocenters. The normalized spacial score (nSPS) is 13.8. The third kappa shape index (κ3) is 3.28. The van der Waals surface area contributed by atoms with E-state index in [1.807, 2.05) is 19.9 Å². The number of fused-ring (bicyclic) bond motifs is 1. The second kappa shape index (κ2) is 7.33. The Balaban J connectivity index is 1.81. The van der Waals surface area contributed by atoms with Crippen LogP contribution in [0, 0.1) is 25.7 Å². The van der Waals surface area contributed by atoms with Crippen LogP contribution < -0.4 is 11.2 Å². The molecule has 29 heavy (non-hydrogen) atoms. The molecule has 1 amide bonds. The highest BCUT2D eigenvalue weighted by molar-refractivity contribution is 7.11. The van der Waals surface area contributed by atoms with Crippen LogP contribution in [0.1, 0.15) is 28.5 Å². The van der Waals surface area contributed by atoms with E-state index < -0.39 is 0 Å². The number of aromatic nitrogens is 3. The summed E-state index contributed by atoms with van der Waals surface area (Å²) in [4.78, 5) is 45.3. The quantitative estimate of drug-likeness (QED) is 0.618. The number of likely N-dealkylation sites (tertiary alicyclic amines) is 1. The molecule has 148 valence electrons. The van der Waals surface area contributed by atoms with E-state index in [0.29, 0.717) is 30.5 Å². The van der Waals surface area contributed by atoms with Gasteiger partial charge in [-0.3, -0.25) is 18.7 Å². The summed E-state index contributed by atoms with van der Waals surface area (Å²) in [5.41, 5.74) is 0.809. The van der Waals surface area contributed by atoms with Crippen LogP contribution in [-0.2, 0) is 11.3 Å². The van der Waals surface area contributed by atoms with Gasteiger partial charge in [0, 0.05) is 18.0 Å². The average molecular weight is 408 g/mol. The summed E-state index contributed by atoms with van der Waals surface area (Å²) in [5, 5.41) is 1.43. The van der Waals surface area contributed by atoms with Crippen LogP contribution in [0.4, 0.5) is 0 Å². The number of hydrogen-bond acceptors (Lipinski definition) is 5. The summed E-state index contributed by atoms with van der Waals surface area (Å²) >= 11 is 1.55. The fourth-order valence-electron chi connectivity index (χ4n) is 3.65. The van der Waals surface area contributed by atoms with Crippen molar-refractivity contribution in [2.75, 3.05) is 13.1 Å². The lowest BCUT2D eigenvalue weighted by Crippen LogP contribution is -2.56. The second-order valence-electron chi connectivity index (χ2n) is 7.04. The molecule has 2 aromatic heterocycles. The van der Waals surface area contributed by atoms with E-state index in [1.54, 1.807) is 45.9 Å². The summed E-state index contributed by atoms with van der Waals surface area (Å²) in [6.07, 6.45) is 0. The highest BCUT2D eigenvalue weighted by atomic mass is 32.1. The van der Waals surface area contributed by atoms with Crippen molar-refractivity contribution in [3.8, 4) is 11.8 Å². The summed E-state index contributed by atoms with van der Waals surface area (Å²) < 4.78 is 2.92. The zero-order valence-electron chi connectivity index (χ0n) is 16.4. The topological polar surface area (TPSA) is 77.2 Å². The lowest BCUT2D eigenvalue weighted by Gasteiger charge is -2.38. The molecule has 0 bridgehead atoms. The molecule has 3 aromatic rings. The molecule has 1 aliphatic rings. The minimum absolute atomic E-state index is 0.284. The Morgan fingerprint density at radius 2 is 1.97 bits per heavy atom. The van der Waals surface area contributed by atoms with Gasteiger partial charge in [-0.25, -0.2) is 9.78 Å². The molecule has 1 fully saturated rings. The standard InChI is InChI=1S/C21H20N4O3S/c1-4-7-19(26)23-10-15(11-23)25-20(27)16-8-5-6-9-17(16)24(21(25)28)12-18-13(2)22-14(3)29-18/h5-6,8-9,15H,10-12H2,1-3H3. The van der Waals surface area contributed by atoms with Crippen molar-refractivity contribution in [3.63, 3.8) is 0 Å². The van der Waals surface area contributed by atoms with Crippen molar-refractivity contribution in [3.05, 3.63) is 60.7 Å². The van der Waals surface area contributed by atoms with Crippen LogP contribution in [0.15, 0.2) is 33.9 Å². The first kappa shape index (κ1) is 19.2. The highest BCUT2D eigenvalue weighted by Crippen LogP contribution is 2.22. The maximum Gasteiger partial charge on any atom is 0.332 e. The summed E-state index contributed by atoms with van der Waals surface area (Å²) in [6.45, 7) is 6.42. The minimum Gasteiger partial charge on any atom is -0.328 e. The van der Waals surface area contributed by atoms with Crippen molar-refractivity contribution in [2.45, 2.75) is 33.4 Å². The van der Waals surface area contributed by atoms with Gasteiger partial charge in [0.1, 0.15) is 0 Å². The fraction of sp³-hybridized carbons (Fsp3) is 0.333. The van der Waals surface area contributed by atoms with Crippen LogP contribution in [-0.4, -0.2) is 38.0 Å². The Morgan fingerprint density at radius 1 is 1.24 bits per heavy atom. The lowest BCUT2D eigenvalue weighted by molar-refractivity contribution is -0.130. The van der Waals surface area contributed by atoms with E-state index >= 15 is 0 Å². The van der Waals surface area contributed by atoms with Gasteiger partial charge < -0.3 is 4.90 Å². The minimum atomic E-state index is -0.363. The first-order valence-corrected chi connectivity index (χ1v) is 10.1. The summed E-state index contributed by atoms with van der Waals surface area (Å²) in [7, 11) is 0. The molecular formula is C21H20N4O3S. The lowest BCUT2D eigenvalue weighted by atomic mass is 10.1. The van der Waals surface area contributed by atoms with Crippen molar-refractivity contribution >= 4 is 28.1 Å². The highest BCUT2D eigenvalue weighted by Gasteiger charge is 2.34. The molecule has 4 rings (SSSR count). The maximum absolute atomic E-state index is 13.3. The number of amides is 1. The predicted molar refractivity (Wildman–Crippen MR) is 112 cm³/mol. The monoisotopic (exact) mass is 408 g/mol. The molecule has 7 nitrogen and oxygen atoms in total. The Bertz CT molecular complexity index is 1300. The summed E-state index contributed by atoms with van der Waals surface area (Å²) in [6, 6.07) is 6.79. The third-order valence-corrected chi connectivity index (χ3v) is 6.19. The van der Waals surface area contributed by atoms with Gasteiger partial charge in [0.05, 0.1) is 34.2 Å². The Morgan fingerprint density at radius 3 is 2.62 bits per heavy atom. The number of benzene rings is 1. The predicted octanol–water partition coefficient (Wildman–Crippen LogP) is 1.69. The van der Waals surface area contributed by atoms with E-state index in [-0.39, 0.29) is 23.2 Å². The average Bonchev–Trinajstić information content (AvgIpc) is 2.97. The van der Waals surface area contributed by atoms with Gasteiger partial charge in [0.2, 0.25) is 0 Å². The molecule has 0 unspecified atom stereocenters. The van der Waals surface area contributed by atoms with Crippen LogP contribution in [0.25, 0.3) is 10.9 Å². The van der Waals surface area contributed by atoms with Gasteiger partial charge in [-0.05, 0) is 38.8 Å². The van der Waals surface area contributed by atoms with Crippen LogP contribution in [0.2, 0.25) is 0 Å². The van der Waals surface area contributed by atoms with E-state index in [1.165, 1.54) is 4.57 Å². The van der Waals surface area contributed by atoms with Crippen LogP contribution in [0.3, 0.4) is 0 Å². The molecule has 8 heteroatoms. The number of para-hydroxylation sites is 1. The van der Waals surface area contributed by atoms with Crippen molar-refractivity contribution in [2.24, 2.45) is 0 Å². The van der Waals surface area contributed by atoms with Crippen LogP contribution >= 0.6 is 11.3 Å². The number of thiazole rings is 1. The largest absolute Gasteiger partial charge is 0.332 e. The third-order valence-electron chi connectivity index (χ3n) is 5.13. The zero-order chi connectivity index (χ0) is 20.7. The number of nitrogens with zero attached hydrogens (tertiary/aromatic N) is 4. The number of rotatable bonds is 3. The van der Waals surface area contributed by atoms with E-state index in [0.717, 1.165) is 15.6 Å².